The topological polar surface area (TPSA) is 74.5 Å². The smallest absolute Gasteiger partial charge is 0.345 e. The van der Waals surface area contributed by atoms with Crippen LogP contribution in [0.25, 0.3) is 5.69 Å². The van der Waals surface area contributed by atoms with Gasteiger partial charge in [0.15, 0.2) is 11.5 Å². The first-order valence-electron chi connectivity index (χ1n) is 11.3. The maximum atomic E-state index is 6.15. The van der Waals surface area contributed by atoms with Crippen LogP contribution in [0.1, 0.15) is 34.3 Å². The van der Waals surface area contributed by atoms with Gasteiger partial charge >= 0.3 is 6.01 Å². The van der Waals surface area contributed by atoms with Crippen LogP contribution in [0.5, 0.6) is 23.3 Å². The van der Waals surface area contributed by atoms with Gasteiger partial charge in [-0.2, -0.15) is 4.68 Å². The second-order valence-corrected chi connectivity index (χ2v) is 8.68. The third-order valence-electron chi connectivity index (χ3n) is 6.94. The van der Waals surface area contributed by atoms with Crippen LogP contribution < -0.4 is 14.2 Å². The predicted molar refractivity (Wildman–Crippen MR) is 126 cm³/mol. The Kier molecular flexibility index (Phi) is 4.95. The third kappa shape index (κ3) is 3.30. The molecule has 3 heterocycles. The number of fused-ring (bicyclic) bond motifs is 6. The zero-order chi connectivity index (χ0) is 23.2. The summed E-state index contributed by atoms with van der Waals surface area (Å²) in [6.07, 6.45) is 1.81. The molecule has 0 radical (unpaired) electrons. The highest BCUT2D eigenvalue weighted by molar-refractivity contribution is 5.53. The van der Waals surface area contributed by atoms with E-state index in [2.05, 4.69) is 51.7 Å². The fourth-order valence-corrected chi connectivity index (χ4v) is 5.22. The normalized spacial score (nSPS) is 18.7. The number of methoxy groups -OCH3 is 2. The number of rotatable bonds is 5. The van der Waals surface area contributed by atoms with Crippen LogP contribution in [-0.2, 0) is 12.8 Å². The summed E-state index contributed by atoms with van der Waals surface area (Å²) in [4.78, 5) is 2.45. The van der Waals surface area contributed by atoms with Crippen molar-refractivity contribution < 1.29 is 14.2 Å². The summed E-state index contributed by atoms with van der Waals surface area (Å²) < 4.78 is 18.9. The Morgan fingerprint density at radius 1 is 0.824 bits per heavy atom. The number of hydrogen-bond acceptors (Lipinski definition) is 7. The molecule has 2 atom stereocenters. The van der Waals surface area contributed by atoms with E-state index in [1.54, 1.807) is 18.9 Å². The average molecular weight is 456 g/mol. The minimum absolute atomic E-state index is 0.244. The molecule has 3 aromatic carbocycles. The molecule has 0 unspecified atom stereocenters. The van der Waals surface area contributed by atoms with Gasteiger partial charge in [0.25, 0.3) is 0 Å². The van der Waals surface area contributed by atoms with E-state index >= 15 is 0 Å². The van der Waals surface area contributed by atoms with E-state index in [4.69, 9.17) is 14.2 Å². The van der Waals surface area contributed by atoms with Gasteiger partial charge in [0.1, 0.15) is 5.75 Å². The molecule has 0 spiro atoms. The van der Waals surface area contributed by atoms with Gasteiger partial charge in [0, 0.05) is 12.1 Å². The van der Waals surface area contributed by atoms with Crippen LogP contribution in [0.15, 0.2) is 60.7 Å². The first-order chi connectivity index (χ1) is 16.7. The molecule has 2 aliphatic rings. The van der Waals surface area contributed by atoms with Gasteiger partial charge in [-0.3, -0.25) is 4.90 Å². The first kappa shape index (κ1) is 20.7. The number of nitrogens with zero attached hydrogens (tertiary/aromatic N) is 5. The zero-order valence-electron chi connectivity index (χ0n) is 19.3. The van der Waals surface area contributed by atoms with E-state index in [1.807, 2.05) is 36.4 Å². The number of para-hydroxylation sites is 1. The number of tetrazole rings is 1. The SMILES string of the molecule is COc1cc2c(cc1OC)[C@@H]1Cc3ccc(Oc4nnnn4-c4ccccc4)cc3[C@H](C2)N1C. The number of hydrogen-bond donors (Lipinski definition) is 0. The van der Waals surface area contributed by atoms with Crippen LogP contribution >= 0.6 is 0 Å². The molecule has 0 amide bonds. The van der Waals surface area contributed by atoms with E-state index in [9.17, 15) is 0 Å². The number of aromatic nitrogens is 4. The predicted octanol–water partition coefficient (Wildman–Crippen LogP) is 4.30. The van der Waals surface area contributed by atoms with Crippen LogP contribution in [0.2, 0.25) is 0 Å². The molecular formula is C26H25N5O3. The summed E-state index contributed by atoms with van der Waals surface area (Å²) in [6, 6.07) is 21.1. The van der Waals surface area contributed by atoms with Crippen molar-refractivity contribution in [2.45, 2.75) is 24.9 Å². The largest absolute Gasteiger partial charge is 0.493 e. The Labute approximate surface area is 197 Å². The van der Waals surface area contributed by atoms with Gasteiger partial charge in [-0.15, -0.1) is 0 Å². The molecule has 0 aliphatic carbocycles. The van der Waals surface area contributed by atoms with Gasteiger partial charge < -0.3 is 14.2 Å². The highest BCUT2D eigenvalue weighted by atomic mass is 16.5. The molecular weight excluding hydrogens is 430 g/mol. The van der Waals surface area contributed by atoms with Crippen molar-refractivity contribution >= 4 is 0 Å². The lowest BCUT2D eigenvalue weighted by molar-refractivity contribution is 0.137. The van der Waals surface area contributed by atoms with Crippen LogP contribution in [0.4, 0.5) is 0 Å². The van der Waals surface area contributed by atoms with Crippen molar-refractivity contribution in [1.29, 1.82) is 0 Å². The third-order valence-corrected chi connectivity index (χ3v) is 6.94. The summed E-state index contributed by atoms with van der Waals surface area (Å²) in [5.74, 6) is 2.27. The minimum Gasteiger partial charge on any atom is -0.493 e. The van der Waals surface area contributed by atoms with Gasteiger partial charge in [0.2, 0.25) is 0 Å². The van der Waals surface area contributed by atoms with Gasteiger partial charge in [-0.05, 0) is 89.0 Å². The summed E-state index contributed by atoms with van der Waals surface area (Å²) >= 11 is 0. The summed E-state index contributed by atoms with van der Waals surface area (Å²) in [6.45, 7) is 0. The first-order valence-corrected chi connectivity index (χ1v) is 11.3. The van der Waals surface area contributed by atoms with Crippen molar-refractivity contribution in [3.63, 3.8) is 0 Å². The molecule has 0 saturated heterocycles. The second kappa shape index (κ2) is 8.14. The van der Waals surface area contributed by atoms with Crippen LogP contribution in [0, 0.1) is 0 Å². The van der Waals surface area contributed by atoms with Gasteiger partial charge in [-0.25, -0.2) is 0 Å². The Bertz CT molecular complexity index is 1350. The highest BCUT2D eigenvalue weighted by Crippen LogP contribution is 2.49. The Morgan fingerprint density at radius 3 is 2.29 bits per heavy atom. The second-order valence-electron chi connectivity index (χ2n) is 8.68. The van der Waals surface area contributed by atoms with Crippen molar-refractivity contribution in [1.82, 2.24) is 25.1 Å². The maximum Gasteiger partial charge on any atom is 0.345 e. The molecule has 8 heteroatoms. The van der Waals surface area contributed by atoms with Crippen LogP contribution in [0.3, 0.4) is 0 Å². The fraction of sp³-hybridized carbons (Fsp3) is 0.269. The zero-order valence-corrected chi connectivity index (χ0v) is 19.3. The van der Waals surface area contributed by atoms with E-state index in [-0.39, 0.29) is 6.04 Å². The molecule has 172 valence electrons. The molecule has 8 nitrogen and oxygen atoms in total. The number of benzene rings is 3. The lowest BCUT2D eigenvalue weighted by Crippen LogP contribution is -2.40. The standard InChI is InChI=1S/C26H25N5O3/c1-30-22-11-16-9-10-19(34-26-27-28-29-31(26)18-7-5-4-6-8-18)14-20(16)23(30)12-17-13-24(32-2)25(33-3)15-21(17)22/h4-10,13-15,22-23H,11-12H2,1-3H3/t22-,23-/m0/s1. The van der Waals surface area contributed by atoms with Crippen molar-refractivity contribution in [3.05, 3.63) is 82.9 Å². The van der Waals surface area contributed by atoms with Crippen LogP contribution in [-0.4, -0.2) is 46.4 Å². The van der Waals surface area contributed by atoms with E-state index in [0.29, 0.717) is 12.1 Å². The lowest BCUT2D eigenvalue weighted by Gasteiger charge is -2.46. The van der Waals surface area contributed by atoms with E-state index in [0.717, 1.165) is 35.8 Å². The van der Waals surface area contributed by atoms with Gasteiger partial charge in [0.05, 0.1) is 19.9 Å². The van der Waals surface area contributed by atoms with Gasteiger partial charge in [-0.1, -0.05) is 29.4 Å². The van der Waals surface area contributed by atoms with Crippen molar-refractivity contribution in [2.24, 2.45) is 0 Å². The number of likely N-dealkylation sites (N-methyl/N-ethyl adjacent to an activating group) is 1. The summed E-state index contributed by atoms with van der Waals surface area (Å²) in [5, 5.41) is 12.0. The Hall–Kier alpha value is -3.91. The average Bonchev–Trinajstić information content (AvgIpc) is 3.33. The highest BCUT2D eigenvalue weighted by Gasteiger charge is 2.39. The molecule has 2 bridgehead atoms. The Morgan fingerprint density at radius 2 is 1.53 bits per heavy atom. The quantitative estimate of drug-likeness (QED) is 0.444. The number of ether oxygens (including phenoxy) is 3. The minimum atomic E-state index is 0.244. The molecule has 0 N–H and O–H groups in total. The maximum absolute atomic E-state index is 6.15. The molecule has 6 rings (SSSR count). The van der Waals surface area contributed by atoms with E-state index < -0.39 is 0 Å². The fourth-order valence-electron chi connectivity index (χ4n) is 5.22. The molecule has 2 aliphatic heterocycles. The summed E-state index contributed by atoms with van der Waals surface area (Å²) in [7, 11) is 5.56. The molecule has 0 fully saturated rings. The Balaban J connectivity index is 1.34. The molecule has 4 aromatic rings. The van der Waals surface area contributed by atoms with Crippen molar-refractivity contribution in [2.75, 3.05) is 21.3 Å². The molecule has 1 aromatic heterocycles. The summed E-state index contributed by atoms with van der Waals surface area (Å²) in [5.41, 5.74) is 6.07. The molecule has 34 heavy (non-hydrogen) atoms. The van der Waals surface area contributed by atoms with E-state index in [1.165, 1.54) is 22.3 Å². The molecule has 0 saturated carbocycles. The van der Waals surface area contributed by atoms with Crippen molar-refractivity contribution in [3.8, 4) is 28.9 Å². The lowest BCUT2D eigenvalue weighted by atomic mass is 9.77. The monoisotopic (exact) mass is 455 g/mol.